The van der Waals surface area contributed by atoms with Gasteiger partial charge in [-0.2, -0.15) is 0 Å². The predicted molar refractivity (Wildman–Crippen MR) is 65.7 cm³/mol. The summed E-state index contributed by atoms with van der Waals surface area (Å²) in [6.07, 6.45) is 3.87. The summed E-state index contributed by atoms with van der Waals surface area (Å²) in [7, 11) is 3.94. The van der Waals surface area contributed by atoms with Crippen LogP contribution in [-0.2, 0) is 4.74 Å². The molecule has 0 saturated carbocycles. The molecule has 0 aromatic heterocycles. The Balaban J connectivity index is 2.19. The van der Waals surface area contributed by atoms with Crippen LogP contribution in [0, 0.1) is 0 Å². The zero-order chi connectivity index (χ0) is 11.8. The number of hydrogen-bond donors (Lipinski definition) is 1. The summed E-state index contributed by atoms with van der Waals surface area (Å²) in [6.45, 7) is 4.99. The lowest BCUT2D eigenvalue weighted by atomic mass is 10.1. The predicted octanol–water partition coefficient (Wildman–Crippen LogP) is 0.411. The normalized spacial score (nSPS) is 22.1. The van der Waals surface area contributed by atoms with Crippen molar-refractivity contribution in [3.05, 3.63) is 0 Å². The first-order chi connectivity index (χ1) is 7.77. The van der Waals surface area contributed by atoms with Crippen molar-refractivity contribution in [2.45, 2.75) is 25.3 Å². The number of methoxy groups -OCH3 is 1. The van der Waals surface area contributed by atoms with E-state index >= 15 is 0 Å². The highest BCUT2D eigenvalue weighted by molar-refractivity contribution is 4.77. The van der Waals surface area contributed by atoms with Gasteiger partial charge in [-0.3, -0.25) is 4.90 Å². The molecule has 4 heteroatoms. The Morgan fingerprint density at radius 2 is 2.19 bits per heavy atom. The molecule has 16 heavy (non-hydrogen) atoms. The first-order valence-corrected chi connectivity index (χ1v) is 6.30. The Morgan fingerprint density at radius 3 is 2.75 bits per heavy atom. The van der Waals surface area contributed by atoms with Gasteiger partial charge in [-0.25, -0.2) is 0 Å². The molecule has 0 amide bonds. The fourth-order valence-electron chi connectivity index (χ4n) is 2.37. The second kappa shape index (κ2) is 8.01. The summed E-state index contributed by atoms with van der Waals surface area (Å²) >= 11 is 0. The van der Waals surface area contributed by atoms with Gasteiger partial charge >= 0.3 is 0 Å². The molecule has 1 aliphatic rings. The van der Waals surface area contributed by atoms with Crippen molar-refractivity contribution in [2.24, 2.45) is 0 Å². The van der Waals surface area contributed by atoms with Crippen molar-refractivity contribution in [1.29, 1.82) is 0 Å². The van der Waals surface area contributed by atoms with E-state index in [0.29, 0.717) is 0 Å². The molecular weight excluding hydrogens is 204 g/mol. The summed E-state index contributed by atoms with van der Waals surface area (Å²) in [5, 5.41) is 8.99. The lowest BCUT2D eigenvalue weighted by molar-refractivity contribution is 0.124. The van der Waals surface area contributed by atoms with E-state index in [1.807, 2.05) is 0 Å². The van der Waals surface area contributed by atoms with Gasteiger partial charge in [0.05, 0.1) is 13.2 Å². The molecule has 0 aromatic carbocycles. The fourth-order valence-corrected chi connectivity index (χ4v) is 2.37. The van der Waals surface area contributed by atoms with Gasteiger partial charge in [0.25, 0.3) is 0 Å². The average Bonchev–Trinajstić information content (AvgIpc) is 2.68. The van der Waals surface area contributed by atoms with Gasteiger partial charge in [0.2, 0.25) is 0 Å². The molecule has 1 atom stereocenters. The fraction of sp³-hybridized carbons (Fsp3) is 1.00. The molecule has 0 aliphatic carbocycles. The maximum atomic E-state index is 8.99. The van der Waals surface area contributed by atoms with E-state index in [2.05, 4.69) is 16.8 Å². The van der Waals surface area contributed by atoms with Crippen LogP contribution < -0.4 is 0 Å². The van der Waals surface area contributed by atoms with Crippen LogP contribution in [0.3, 0.4) is 0 Å². The second-order valence-electron chi connectivity index (χ2n) is 4.62. The molecular formula is C12H26N2O2. The van der Waals surface area contributed by atoms with E-state index in [4.69, 9.17) is 9.84 Å². The van der Waals surface area contributed by atoms with Crippen LogP contribution in [0.15, 0.2) is 0 Å². The SMILES string of the molecule is COCCN(CCO)CCC1CCCN1C. The molecule has 1 fully saturated rings. The summed E-state index contributed by atoms with van der Waals surface area (Å²) in [6, 6.07) is 0.740. The second-order valence-corrected chi connectivity index (χ2v) is 4.62. The molecule has 96 valence electrons. The van der Waals surface area contributed by atoms with Crippen LogP contribution in [0.25, 0.3) is 0 Å². The van der Waals surface area contributed by atoms with E-state index in [0.717, 1.165) is 32.3 Å². The maximum absolute atomic E-state index is 8.99. The Morgan fingerprint density at radius 1 is 1.38 bits per heavy atom. The molecule has 1 heterocycles. The molecule has 1 rings (SSSR count). The number of ether oxygens (including phenoxy) is 1. The minimum absolute atomic E-state index is 0.240. The lowest BCUT2D eigenvalue weighted by Crippen LogP contribution is -2.35. The minimum atomic E-state index is 0.240. The third-order valence-corrected chi connectivity index (χ3v) is 3.48. The average molecular weight is 230 g/mol. The molecule has 0 bridgehead atoms. The number of aliphatic hydroxyl groups is 1. The van der Waals surface area contributed by atoms with Crippen molar-refractivity contribution in [2.75, 3.05) is 53.6 Å². The molecule has 0 aromatic rings. The number of nitrogens with zero attached hydrogens (tertiary/aromatic N) is 2. The molecule has 1 aliphatic heterocycles. The van der Waals surface area contributed by atoms with Crippen molar-refractivity contribution in [3.63, 3.8) is 0 Å². The van der Waals surface area contributed by atoms with Gasteiger partial charge in [0.15, 0.2) is 0 Å². The van der Waals surface area contributed by atoms with Crippen LogP contribution in [0.1, 0.15) is 19.3 Å². The standard InChI is InChI=1S/C12H26N2O2/c1-13-6-3-4-12(13)5-7-14(8-10-15)9-11-16-2/h12,15H,3-11H2,1-2H3. The third-order valence-electron chi connectivity index (χ3n) is 3.48. The van der Waals surface area contributed by atoms with Crippen LogP contribution in [0.5, 0.6) is 0 Å². The van der Waals surface area contributed by atoms with Crippen LogP contribution in [-0.4, -0.2) is 74.5 Å². The highest BCUT2D eigenvalue weighted by Crippen LogP contribution is 2.17. The zero-order valence-electron chi connectivity index (χ0n) is 10.7. The van der Waals surface area contributed by atoms with E-state index in [1.165, 1.54) is 25.8 Å². The molecule has 0 radical (unpaired) electrons. The van der Waals surface area contributed by atoms with Gasteiger partial charge in [-0.1, -0.05) is 0 Å². The summed E-state index contributed by atoms with van der Waals surface area (Å²) in [5.41, 5.74) is 0. The van der Waals surface area contributed by atoms with E-state index in [1.54, 1.807) is 7.11 Å². The first-order valence-electron chi connectivity index (χ1n) is 6.30. The van der Waals surface area contributed by atoms with Crippen molar-refractivity contribution < 1.29 is 9.84 Å². The van der Waals surface area contributed by atoms with Crippen LogP contribution in [0.4, 0.5) is 0 Å². The van der Waals surface area contributed by atoms with Crippen molar-refractivity contribution in [1.82, 2.24) is 9.80 Å². The van der Waals surface area contributed by atoms with Crippen molar-refractivity contribution in [3.8, 4) is 0 Å². The maximum Gasteiger partial charge on any atom is 0.0589 e. The van der Waals surface area contributed by atoms with Gasteiger partial charge < -0.3 is 14.7 Å². The van der Waals surface area contributed by atoms with Gasteiger partial charge in [0, 0.05) is 26.2 Å². The molecule has 4 nitrogen and oxygen atoms in total. The first kappa shape index (κ1) is 13.9. The van der Waals surface area contributed by atoms with Gasteiger partial charge in [0.1, 0.15) is 0 Å². The van der Waals surface area contributed by atoms with E-state index < -0.39 is 0 Å². The Bertz CT molecular complexity index is 178. The molecule has 0 spiro atoms. The van der Waals surface area contributed by atoms with Crippen LogP contribution in [0.2, 0.25) is 0 Å². The highest BCUT2D eigenvalue weighted by Gasteiger charge is 2.20. The topological polar surface area (TPSA) is 35.9 Å². The van der Waals surface area contributed by atoms with Gasteiger partial charge in [-0.15, -0.1) is 0 Å². The lowest BCUT2D eigenvalue weighted by Gasteiger charge is -2.25. The summed E-state index contributed by atoms with van der Waals surface area (Å²) in [5.74, 6) is 0. The van der Waals surface area contributed by atoms with Gasteiger partial charge in [-0.05, 0) is 39.4 Å². The third kappa shape index (κ3) is 4.78. The van der Waals surface area contributed by atoms with E-state index in [-0.39, 0.29) is 6.61 Å². The minimum Gasteiger partial charge on any atom is -0.395 e. The zero-order valence-corrected chi connectivity index (χ0v) is 10.7. The van der Waals surface area contributed by atoms with Crippen LogP contribution >= 0.6 is 0 Å². The Hall–Kier alpha value is -0.160. The largest absolute Gasteiger partial charge is 0.395 e. The molecule has 1 N–H and O–H groups in total. The Labute approximate surface area is 99.2 Å². The number of rotatable bonds is 8. The number of hydrogen-bond acceptors (Lipinski definition) is 4. The highest BCUT2D eigenvalue weighted by atomic mass is 16.5. The monoisotopic (exact) mass is 230 g/mol. The molecule has 1 unspecified atom stereocenters. The number of likely N-dealkylation sites (tertiary alicyclic amines) is 1. The van der Waals surface area contributed by atoms with Crippen molar-refractivity contribution >= 4 is 0 Å². The quantitative estimate of drug-likeness (QED) is 0.655. The smallest absolute Gasteiger partial charge is 0.0589 e. The summed E-state index contributed by atoms with van der Waals surface area (Å²) in [4.78, 5) is 4.74. The van der Waals surface area contributed by atoms with E-state index in [9.17, 15) is 0 Å². The number of aliphatic hydroxyl groups excluding tert-OH is 1. The summed E-state index contributed by atoms with van der Waals surface area (Å²) < 4.78 is 5.08. The Kier molecular flexibility index (Phi) is 6.96. The molecule has 1 saturated heterocycles.